The third kappa shape index (κ3) is 4.23. The molecule has 1 aliphatic carbocycles. The molecule has 0 amide bonds. The average molecular weight is 239 g/mol. The van der Waals surface area contributed by atoms with Gasteiger partial charge in [-0.15, -0.1) is 0 Å². The van der Waals surface area contributed by atoms with Gasteiger partial charge in [-0.25, -0.2) is 5.84 Å². The Morgan fingerprint density at radius 3 is 2.24 bits per heavy atom. The highest BCUT2D eigenvalue weighted by molar-refractivity contribution is 5.03. The van der Waals surface area contributed by atoms with Crippen molar-refractivity contribution < 1.29 is 0 Å². The van der Waals surface area contributed by atoms with E-state index in [4.69, 9.17) is 11.6 Å². The van der Waals surface area contributed by atoms with Gasteiger partial charge in [0.25, 0.3) is 0 Å². The van der Waals surface area contributed by atoms with E-state index in [9.17, 15) is 0 Å². The molecule has 17 heavy (non-hydrogen) atoms. The Bertz CT molecular complexity index is 259. The van der Waals surface area contributed by atoms with E-state index in [0.29, 0.717) is 5.92 Å². The first-order chi connectivity index (χ1) is 7.82. The summed E-state index contributed by atoms with van der Waals surface area (Å²) >= 11 is 0. The van der Waals surface area contributed by atoms with Crippen molar-refractivity contribution in [3.8, 4) is 0 Å². The minimum Gasteiger partial charge on any atom is -0.401 e. The normalized spacial score (nSPS) is 21.4. The summed E-state index contributed by atoms with van der Waals surface area (Å²) in [7, 11) is 0. The molecule has 1 atom stereocenters. The number of hydrogen-bond donors (Lipinski definition) is 2. The van der Waals surface area contributed by atoms with Crippen LogP contribution in [0.1, 0.15) is 59.8 Å². The number of nitrogens with zero attached hydrogens (tertiary/aromatic N) is 1. The zero-order valence-corrected chi connectivity index (χ0v) is 11.9. The third-order valence-corrected chi connectivity index (χ3v) is 4.08. The summed E-state index contributed by atoms with van der Waals surface area (Å²) in [6.07, 6.45) is 8.36. The van der Waals surface area contributed by atoms with E-state index >= 15 is 0 Å². The van der Waals surface area contributed by atoms with Gasteiger partial charge in [-0.3, -0.25) is 0 Å². The van der Waals surface area contributed by atoms with E-state index in [1.807, 2.05) is 6.20 Å². The molecular weight excluding hydrogens is 210 g/mol. The van der Waals surface area contributed by atoms with Gasteiger partial charge in [0.05, 0.1) is 0 Å². The van der Waals surface area contributed by atoms with Crippen LogP contribution in [0.25, 0.3) is 0 Å². The van der Waals surface area contributed by atoms with Gasteiger partial charge in [0, 0.05) is 17.9 Å². The van der Waals surface area contributed by atoms with Gasteiger partial charge in [-0.2, -0.15) is 0 Å². The second-order valence-corrected chi connectivity index (χ2v) is 6.45. The molecule has 0 heterocycles. The van der Waals surface area contributed by atoms with Crippen LogP contribution in [0.15, 0.2) is 11.9 Å². The van der Waals surface area contributed by atoms with Crippen LogP contribution in [-0.4, -0.2) is 11.1 Å². The van der Waals surface area contributed by atoms with Gasteiger partial charge >= 0.3 is 0 Å². The lowest BCUT2D eigenvalue weighted by atomic mass is 9.86. The van der Waals surface area contributed by atoms with Crippen LogP contribution < -0.4 is 11.6 Å². The molecule has 0 spiro atoms. The fourth-order valence-electron chi connectivity index (χ4n) is 2.27. The van der Waals surface area contributed by atoms with E-state index in [2.05, 4.69) is 27.7 Å². The van der Waals surface area contributed by atoms with E-state index in [0.717, 1.165) is 5.70 Å². The molecule has 0 aromatic rings. The number of allylic oxidation sites excluding steroid dienone is 1. The second kappa shape index (κ2) is 5.76. The first kappa shape index (κ1) is 14.4. The van der Waals surface area contributed by atoms with Crippen LogP contribution in [0.3, 0.4) is 0 Å². The maximum atomic E-state index is 6.17. The van der Waals surface area contributed by atoms with Crippen LogP contribution >= 0.6 is 0 Å². The quantitative estimate of drug-likeness (QED) is 0.588. The van der Waals surface area contributed by atoms with E-state index < -0.39 is 0 Å². The average Bonchev–Trinajstić information content (AvgIpc) is 2.27. The second-order valence-electron chi connectivity index (χ2n) is 6.45. The van der Waals surface area contributed by atoms with Gasteiger partial charge in [0.2, 0.25) is 0 Å². The zero-order chi connectivity index (χ0) is 13.1. The van der Waals surface area contributed by atoms with Crippen molar-refractivity contribution >= 4 is 0 Å². The molecule has 1 saturated carbocycles. The lowest BCUT2D eigenvalue weighted by molar-refractivity contribution is 0.161. The Morgan fingerprint density at radius 2 is 1.76 bits per heavy atom. The summed E-state index contributed by atoms with van der Waals surface area (Å²) in [5.41, 5.74) is 7.30. The molecule has 0 bridgehead atoms. The summed E-state index contributed by atoms with van der Waals surface area (Å²) < 4.78 is 0. The lowest BCUT2D eigenvalue weighted by Crippen LogP contribution is -2.43. The Morgan fingerprint density at radius 1 is 1.24 bits per heavy atom. The highest BCUT2D eigenvalue weighted by atomic mass is 15.4. The molecule has 0 aromatic heterocycles. The first-order valence-electron chi connectivity index (χ1n) is 6.82. The van der Waals surface area contributed by atoms with Crippen molar-refractivity contribution in [2.75, 3.05) is 0 Å². The summed E-state index contributed by atoms with van der Waals surface area (Å²) in [6, 6.07) is 0.282. The minimum atomic E-state index is 0.165. The topological polar surface area (TPSA) is 55.3 Å². The Hall–Kier alpha value is -0.700. The van der Waals surface area contributed by atoms with E-state index in [-0.39, 0.29) is 11.5 Å². The molecule has 0 saturated heterocycles. The molecule has 1 aliphatic rings. The molecule has 4 N–H and O–H groups in total. The fourth-order valence-corrected chi connectivity index (χ4v) is 2.27. The highest BCUT2D eigenvalue weighted by Gasteiger charge is 2.24. The summed E-state index contributed by atoms with van der Waals surface area (Å²) in [6.45, 7) is 8.73. The van der Waals surface area contributed by atoms with Crippen molar-refractivity contribution in [3.05, 3.63) is 11.9 Å². The molecule has 0 aromatic carbocycles. The predicted octanol–water partition coefficient (Wildman–Crippen LogP) is 2.98. The molecular formula is C14H29N3. The summed E-state index contributed by atoms with van der Waals surface area (Å²) in [5, 5.41) is 1.78. The Kier molecular flexibility index (Phi) is 4.87. The lowest BCUT2D eigenvalue weighted by Gasteiger charge is -2.35. The predicted molar refractivity (Wildman–Crippen MR) is 73.8 cm³/mol. The van der Waals surface area contributed by atoms with Crippen molar-refractivity contribution in [1.29, 1.82) is 0 Å². The number of hydrazine groups is 1. The molecule has 1 unspecified atom stereocenters. The Balaban J connectivity index is 2.60. The molecule has 100 valence electrons. The molecule has 3 heteroatoms. The van der Waals surface area contributed by atoms with Gasteiger partial charge < -0.3 is 10.7 Å². The van der Waals surface area contributed by atoms with Crippen molar-refractivity contribution in [1.82, 2.24) is 5.01 Å². The van der Waals surface area contributed by atoms with E-state index in [1.54, 1.807) is 5.01 Å². The van der Waals surface area contributed by atoms with Gasteiger partial charge in [0.15, 0.2) is 0 Å². The smallest absolute Gasteiger partial charge is 0.0466 e. The van der Waals surface area contributed by atoms with Gasteiger partial charge in [-0.05, 0) is 31.1 Å². The number of rotatable bonds is 3. The van der Waals surface area contributed by atoms with Crippen molar-refractivity contribution in [3.63, 3.8) is 0 Å². The molecule has 0 radical (unpaired) electrons. The first-order valence-corrected chi connectivity index (χ1v) is 6.82. The molecule has 3 nitrogen and oxygen atoms in total. The summed E-state index contributed by atoms with van der Waals surface area (Å²) in [5.74, 6) is 6.63. The molecule has 0 aliphatic heterocycles. The minimum absolute atomic E-state index is 0.165. The van der Waals surface area contributed by atoms with E-state index in [1.165, 1.54) is 32.1 Å². The number of nitrogens with two attached hydrogens (primary N) is 2. The highest BCUT2D eigenvalue weighted by Crippen LogP contribution is 2.28. The fraction of sp³-hybridized carbons (Fsp3) is 0.857. The number of hydrogen-bond acceptors (Lipinski definition) is 3. The van der Waals surface area contributed by atoms with Crippen molar-refractivity contribution in [2.24, 2.45) is 22.9 Å². The zero-order valence-electron chi connectivity index (χ0n) is 11.9. The standard InChI is InChI=1S/C14H29N3/c1-11(14(2,3)4)17(16)10-13(15)12-8-6-5-7-9-12/h10-12H,5-9,15-16H2,1-4H3/b13-10-. The van der Waals surface area contributed by atoms with Crippen LogP contribution in [0, 0.1) is 11.3 Å². The third-order valence-electron chi connectivity index (χ3n) is 4.08. The van der Waals surface area contributed by atoms with Crippen molar-refractivity contribution in [2.45, 2.75) is 65.8 Å². The van der Waals surface area contributed by atoms with Crippen LogP contribution in [-0.2, 0) is 0 Å². The van der Waals surface area contributed by atoms with Crippen LogP contribution in [0.5, 0.6) is 0 Å². The summed E-state index contributed by atoms with van der Waals surface area (Å²) in [4.78, 5) is 0. The monoisotopic (exact) mass is 239 g/mol. The van der Waals surface area contributed by atoms with Crippen LogP contribution in [0.4, 0.5) is 0 Å². The maximum Gasteiger partial charge on any atom is 0.0466 e. The van der Waals surface area contributed by atoms with Gasteiger partial charge in [-0.1, -0.05) is 40.0 Å². The Labute approximate surface area is 106 Å². The molecule has 1 fully saturated rings. The molecule has 1 rings (SSSR count). The van der Waals surface area contributed by atoms with Gasteiger partial charge in [0.1, 0.15) is 0 Å². The largest absolute Gasteiger partial charge is 0.401 e. The van der Waals surface area contributed by atoms with Crippen LogP contribution in [0.2, 0.25) is 0 Å². The SMILES string of the molecule is CC(N(N)/C=C(\N)C1CCCCC1)C(C)(C)C. The maximum absolute atomic E-state index is 6.17.